The largest absolute Gasteiger partial charge is 0.481 e. The molecule has 0 aliphatic carbocycles. The van der Waals surface area contributed by atoms with Crippen LogP contribution < -0.4 is 10.5 Å². The van der Waals surface area contributed by atoms with Crippen molar-refractivity contribution in [2.45, 2.75) is 6.18 Å². The number of aliphatic imine (C=N–C) groups is 1. The monoisotopic (exact) mass is 428 g/mol. The van der Waals surface area contributed by atoms with Gasteiger partial charge in [0.05, 0.1) is 28.9 Å². The zero-order valence-corrected chi connectivity index (χ0v) is 15.4. The summed E-state index contributed by atoms with van der Waals surface area (Å²) in [5.74, 6) is 0.0840. The van der Waals surface area contributed by atoms with Crippen LogP contribution in [0.25, 0.3) is 5.69 Å². The number of nitrogens with two attached hydrogens (primary N) is 1. The number of benzene rings is 1. The number of nitrogens with zero attached hydrogens (tertiary/aromatic N) is 5. The van der Waals surface area contributed by atoms with Gasteiger partial charge < -0.3 is 10.5 Å². The molecule has 144 valence electrons. The van der Waals surface area contributed by atoms with Gasteiger partial charge in [-0.2, -0.15) is 33.5 Å². The molecule has 12 heteroatoms. The Morgan fingerprint density at radius 3 is 2.32 bits per heavy atom. The fraction of sp³-hybridized carbons (Fsp3) is 0.125. The number of allylic oxidation sites excluding steroid dienone is 2. The van der Waals surface area contributed by atoms with E-state index < -0.39 is 11.7 Å². The molecule has 0 unspecified atom stereocenters. The highest BCUT2D eigenvalue weighted by Crippen LogP contribution is 2.38. The molecule has 28 heavy (non-hydrogen) atoms. The Hall–Kier alpha value is -3.21. The van der Waals surface area contributed by atoms with E-state index >= 15 is 0 Å². The van der Waals surface area contributed by atoms with Gasteiger partial charge in [-0.15, -0.1) is 0 Å². The maximum Gasteiger partial charge on any atom is 0.416 e. The number of halogens is 5. The predicted molar refractivity (Wildman–Crippen MR) is 95.2 cm³/mol. The standard InChI is InChI=1S/C16H9Cl2F3N6O/c1-28-14-4-9(7-25-13(6-23)12(24)5-22)26-27(14)15-10(17)2-8(3-11(15)18)16(19,20)21/h2-4,7H,24H2,1H3/b13-12-,25-7+. The van der Waals surface area contributed by atoms with Crippen molar-refractivity contribution >= 4 is 29.4 Å². The molecule has 1 heterocycles. The van der Waals surface area contributed by atoms with Gasteiger partial charge in [0.15, 0.2) is 5.70 Å². The Morgan fingerprint density at radius 2 is 1.86 bits per heavy atom. The number of alkyl halides is 3. The van der Waals surface area contributed by atoms with E-state index in [9.17, 15) is 13.2 Å². The highest BCUT2D eigenvalue weighted by Gasteiger charge is 2.32. The molecule has 0 spiro atoms. The van der Waals surface area contributed by atoms with Crippen molar-refractivity contribution < 1.29 is 17.9 Å². The maximum absolute atomic E-state index is 12.9. The number of methoxy groups -OCH3 is 1. The van der Waals surface area contributed by atoms with Crippen molar-refractivity contribution in [2.24, 2.45) is 10.7 Å². The molecule has 0 radical (unpaired) electrons. The molecular weight excluding hydrogens is 420 g/mol. The first-order valence-corrected chi connectivity index (χ1v) is 7.92. The summed E-state index contributed by atoms with van der Waals surface area (Å²) < 4.78 is 44.9. The molecule has 0 atom stereocenters. The summed E-state index contributed by atoms with van der Waals surface area (Å²) in [5.41, 5.74) is 3.70. The van der Waals surface area contributed by atoms with Gasteiger partial charge in [0.25, 0.3) is 0 Å². The van der Waals surface area contributed by atoms with E-state index in [0.717, 1.165) is 10.9 Å². The van der Waals surface area contributed by atoms with Gasteiger partial charge in [-0.1, -0.05) is 23.2 Å². The van der Waals surface area contributed by atoms with Gasteiger partial charge in [-0.25, -0.2) is 4.99 Å². The van der Waals surface area contributed by atoms with E-state index in [0.29, 0.717) is 12.1 Å². The topological polar surface area (TPSA) is 113 Å². The number of aromatic nitrogens is 2. The van der Waals surface area contributed by atoms with Gasteiger partial charge in [-0.05, 0) is 12.1 Å². The zero-order chi connectivity index (χ0) is 21.1. The molecule has 0 aliphatic heterocycles. The fourth-order valence-electron chi connectivity index (χ4n) is 2.02. The number of hydrogen-bond donors (Lipinski definition) is 1. The molecular formula is C16H9Cl2F3N6O. The van der Waals surface area contributed by atoms with E-state index in [2.05, 4.69) is 10.1 Å². The molecule has 2 rings (SSSR count). The zero-order valence-electron chi connectivity index (χ0n) is 13.9. The van der Waals surface area contributed by atoms with Crippen LogP contribution in [-0.4, -0.2) is 23.1 Å². The van der Waals surface area contributed by atoms with E-state index in [-0.39, 0.29) is 38.7 Å². The second kappa shape index (κ2) is 8.21. The molecule has 0 saturated heterocycles. The summed E-state index contributed by atoms with van der Waals surface area (Å²) in [7, 11) is 1.30. The number of hydrogen-bond acceptors (Lipinski definition) is 6. The lowest BCUT2D eigenvalue weighted by molar-refractivity contribution is -0.137. The van der Waals surface area contributed by atoms with Crippen molar-refractivity contribution in [3.8, 4) is 23.7 Å². The van der Waals surface area contributed by atoms with E-state index in [1.54, 1.807) is 12.1 Å². The summed E-state index contributed by atoms with van der Waals surface area (Å²) >= 11 is 12.0. The van der Waals surface area contributed by atoms with Crippen LogP contribution in [0.3, 0.4) is 0 Å². The normalized spacial score (nSPS) is 12.4. The molecule has 0 bridgehead atoms. The summed E-state index contributed by atoms with van der Waals surface area (Å²) in [4.78, 5) is 3.76. The molecule has 7 nitrogen and oxygen atoms in total. The van der Waals surface area contributed by atoms with Crippen LogP contribution in [0.15, 0.2) is 34.6 Å². The Morgan fingerprint density at radius 1 is 1.25 bits per heavy atom. The Labute approximate surface area is 166 Å². The molecule has 0 saturated carbocycles. The predicted octanol–water partition coefficient (Wildman–Crippen LogP) is 3.84. The molecule has 2 N–H and O–H groups in total. The second-order valence-electron chi connectivity index (χ2n) is 5.05. The lowest BCUT2D eigenvalue weighted by Gasteiger charge is -2.13. The second-order valence-corrected chi connectivity index (χ2v) is 5.87. The average molecular weight is 429 g/mol. The lowest BCUT2D eigenvalue weighted by Crippen LogP contribution is -2.08. The third-order valence-corrected chi connectivity index (χ3v) is 3.84. The number of ether oxygens (including phenoxy) is 1. The fourth-order valence-corrected chi connectivity index (χ4v) is 2.67. The highest BCUT2D eigenvalue weighted by molar-refractivity contribution is 6.37. The van der Waals surface area contributed by atoms with E-state index in [1.165, 1.54) is 13.2 Å². The maximum atomic E-state index is 12.9. The van der Waals surface area contributed by atoms with Gasteiger partial charge in [0.1, 0.15) is 29.2 Å². The van der Waals surface area contributed by atoms with Crippen molar-refractivity contribution in [2.75, 3.05) is 7.11 Å². The molecule has 0 aliphatic rings. The highest BCUT2D eigenvalue weighted by atomic mass is 35.5. The van der Waals surface area contributed by atoms with Gasteiger partial charge >= 0.3 is 6.18 Å². The SMILES string of the molecule is COc1cc(/C=N/C(C#N)=C(\N)C#N)nn1-c1c(Cl)cc(C(F)(F)F)cc1Cl. The first-order chi connectivity index (χ1) is 13.1. The van der Waals surface area contributed by atoms with Crippen LogP contribution in [0, 0.1) is 22.7 Å². The minimum atomic E-state index is -4.63. The van der Waals surface area contributed by atoms with Crippen molar-refractivity contribution in [1.82, 2.24) is 9.78 Å². The van der Waals surface area contributed by atoms with Crippen LogP contribution in [-0.2, 0) is 6.18 Å². The Bertz CT molecular complexity index is 1040. The third kappa shape index (κ3) is 4.36. The van der Waals surface area contributed by atoms with Crippen molar-refractivity contribution in [1.29, 1.82) is 10.5 Å². The molecule has 1 aromatic carbocycles. The van der Waals surface area contributed by atoms with Crippen molar-refractivity contribution in [3.63, 3.8) is 0 Å². The van der Waals surface area contributed by atoms with Gasteiger partial charge in [0, 0.05) is 6.07 Å². The van der Waals surface area contributed by atoms with E-state index in [4.69, 9.17) is 44.2 Å². The summed E-state index contributed by atoms with van der Waals surface area (Å²) in [6.07, 6.45) is -3.51. The quantitative estimate of drug-likeness (QED) is 0.586. The Kier molecular flexibility index (Phi) is 6.19. The van der Waals surface area contributed by atoms with Crippen LogP contribution >= 0.6 is 23.2 Å². The summed E-state index contributed by atoms with van der Waals surface area (Å²) in [6, 6.07) is 6.02. The smallest absolute Gasteiger partial charge is 0.416 e. The summed E-state index contributed by atoms with van der Waals surface area (Å²) in [6.45, 7) is 0. The van der Waals surface area contributed by atoms with Crippen LogP contribution in [0.5, 0.6) is 5.88 Å². The molecule has 0 amide bonds. The van der Waals surface area contributed by atoms with E-state index in [1.807, 2.05) is 0 Å². The Balaban J connectivity index is 2.55. The van der Waals surface area contributed by atoms with Crippen LogP contribution in [0.1, 0.15) is 11.3 Å². The average Bonchev–Trinajstić information content (AvgIpc) is 3.03. The molecule has 0 fully saturated rings. The summed E-state index contributed by atoms with van der Waals surface area (Å²) in [5, 5.41) is 21.1. The molecule has 2 aromatic rings. The van der Waals surface area contributed by atoms with Crippen LogP contribution in [0.4, 0.5) is 13.2 Å². The van der Waals surface area contributed by atoms with Gasteiger partial charge in [-0.3, -0.25) is 0 Å². The lowest BCUT2D eigenvalue weighted by atomic mass is 10.2. The number of rotatable bonds is 4. The minimum Gasteiger partial charge on any atom is -0.481 e. The van der Waals surface area contributed by atoms with Crippen molar-refractivity contribution in [3.05, 3.63) is 50.9 Å². The van der Waals surface area contributed by atoms with Gasteiger partial charge in [0.2, 0.25) is 5.88 Å². The van der Waals surface area contributed by atoms with Crippen LogP contribution in [0.2, 0.25) is 10.0 Å². The number of nitriles is 2. The third-order valence-electron chi connectivity index (χ3n) is 3.27. The first kappa shape index (κ1) is 21.1. The first-order valence-electron chi connectivity index (χ1n) is 7.17. The minimum absolute atomic E-state index is 0.0413. The molecule has 1 aromatic heterocycles.